The first-order valence-electron chi connectivity index (χ1n) is 9.75. The number of carbonyl (C=O) groups is 1. The van der Waals surface area contributed by atoms with Crippen LogP contribution in [0.5, 0.6) is 11.5 Å². The van der Waals surface area contributed by atoms with Crippen LogP contribution in [0.3, 0.4) is 0 Å². The van der Waals surface area contributed by atoms with Crippen LogP contribution in [0.25, 0.3) is 6.08 Å². The summed E-state index contributed by atoms with van der Waals surface area (Å²) in [6.07, 6.45) is 1.56. The number of ether oxygens (including phenoxy) is 3. The molecule has 0 bridgehead atoms. The number of non-ortho nitro benzene ring substituents is 1. The Labute approximate surface area is 195 Å². The van der Waals surface area contributed by atoms with Gasteiger partial charge in [0.25, 0.3) is 11.6 Å². The highest BCUT2D eigenvalue weighted by Crippen LogP contribution is 2.34. The first-order valence-corrected chi connectivity index (χ1v) is 11.0. The van der Waals surface area contributed by atoms with Gasteiger partial charge in [0.15, 0.2) is 0 Å². The summed E-state index contributed by atoms with van der Waals surface area (Å²) in [6, 6.07) is 12.0. The van der Waals surface area contributed by atoms with Crippen molar-refractivity contribution in [2.45, 2.75) is 6.92 Å². The predicted molar refractivity (Wildman–Crippen MR) is 127 cm³/mol. The van der Waals surface area contributed by atoms with E-state index in [2.05, 4.69) is 0 Å². The average Bonchev–Trinajstić information content (AvgIpc) is 3.00. The first kappa shape index (κ1) is 23.7. The van der Waals surface area contributed by atoms with Crippen molar-refractivity contribution >= 4 is 46.0 Å². The number of amides is 1. The van der Waals surface area contributed by atoms with E-state index in [-0.39, 0.29) is 18.2 Å². The Morgan fingerprint density at radius 3 is 2.53 bits per heavy atom. The van der Waals surface area contributed by atoms with Crippen molar-refractivity contribution in [1.82, 2.24) is 4.90 Å². The molecule has 2 aromatic carbocycles. The van der Waals surface area contributed by atoms with Crippen LogP contribution in [-0.2, 0) is 9.53 Å². The molecule has 1 saturated heterocycles. The predicted octanol–water partition coefficient (Wildman–Crippen LogP) is 4.21. The fraction of sp³-hybridized carbons (Fsp3) is 0.273. The second-order valence-electron chi connectivity index (χ2n) is 6.85. The molecule has 0 aliphatic carbocycles. The smallest absolute Gasteiger partial charge is 0.270 e. The number of benzene rings is 2. The van der Waals surface area contributed by atoms with Gasteiger partial charge < -0.3 is 14.2 Å². The Morgan fingerprint density at radius 2 is 1.88 bits per heavy atom. The Balaban J connectivity index is 1.55. The van der Waals surface area contributed by atoms with Gasteiger partial charge in [0.2, 0.25) is 0 Å². The van der Waals surface area contributed by atoms with E-state index in [1.54, 1.807) is 13.1 Å². The SMILES string of the molecule is Cc1cccc(OCCOCCOc2ccc([N+](=O)[O-])cc2/C=C2\SC(=S)N(C)C2=O)c1. The zero-order valence-electron chi connectivity index (χ0n) is 17.6. The fourth-order valence-electron chi connectivity index (χ4n) is 2.82. The minimum absolute atomic E-state index is 0.0971. The van der Waals surface area contributed by atoms with Crippen LogP contribution >= 0.6 is 24.0 Å². The monoisotopic (exact) mass is 474 g/mol. The van der Waals surface area contributed by atoms with Crippen LogP contribution in [-0.4, -0.2) is 53.5 Å². The maximum Gasteiger partial charge on any atom is 0.270 e. The number of nitrogens with zero attached hydrogens (tertiary/aromatic N) is 2. The molecule has 1 fully saturated rings. The minimum atomic E-state index is -0.497. The third-order valence-electron chi connectivity index (χ3n) is 4.45. The van der Waals surface area contributed by atoms with Gasteiger partial charge in [-0.3, -0.25) is 19.8 Å². The van der Waals surface area contributed by atoms with E-state index in [0.717, 1.165) is 23.1 Å². The van der Waals surface area contributed by atoms with Gasteiger partial charge >= 0.3 is 0 Å². The van der Waals surface area contributed by atoms with Gasteiger partial charge in [-0.2, -0.15) is 0 Å². The summed E-state index contributed by atoms with van der Waals surface area (Å²) < 4.78 is 17.3. The molecule has 0 radical (unpaired) electrons. The average molecular weight is 475 g/mol. The van der Waals surface area contributed by atoms with Crippen molar-refractivity contribution in [3.8, 4) is 11.5 Å². The largest absolute Gasteiger partial charge is 0.491 e. The van der Waals surface area contributed by atoms with E-state index in [4.69, 9.17) is 26.4 Å². The quantitative estimate of drug-likeness (QED) is 0.166. The van der Waals surface area contributed by atoms with Crippen LogP contribution < -0.4 is 9.47 Å². The lowest BCUT2D eigenvalue weighted by atomic mass is 10.1. The number of nitro benzene ring substituents is 1. The van der Waals surface area contributed by atoms with E-state index >= 15 is 0 Å². The number of aryl methyl sites for hydroxylation is 1. The molecule has 10 heteroatoms. The molecule has 0 aromatic heterocycles. The standard InChI is InChI=1S/C22H22N2O6S2/c1-15-4-3-5-18(12-15)29-10-8-28-9-11-30-19-7-6-17(24(26)27)13-16(19)14-20-21(25)23(2)22(31)32-20/h3-7,12-14H,8-11H2,1-2H3/b20-14-. The molecule has 1 aliphatic heterocycles. The van der Waals surface area contributed by atoms with Crippen LogP contribution in [0.2, 0.25) is 0 Å². The summed E-state index contributed by atoms with van der Waals surface area (Å²) >= 11 is 6.27. The molecule has 0 saturated carbocycles. The fourth-order valence-corrected chi connectivity index (χ4v) is 3.99. The number of thiocarbonyl (C=S) groups is 1. The molecule has 0 N–H and O–H groups in total. The van der Waals surface area contributed by atoms with Crippen molar-refractivity contribution in [3.63, 3.8) is 0 Å². The van der Waals surface area contributed by atoms with E-state index in [9.17, 15) is 14.9 Å². The topological polar surface area (TPSA) is 91.1 Å². The third kappa shape index (κ3) is 6.28. The molecule has 3 rings (SSSR count). The lowest BCUT2D eigenvalue weighted by molar-refractivity contribution is -0.384. The summed E-state index contributed by atoms with van der Waals surface area (Å²) in [6.45, 7) is 3.34. The van der Waals surface area contributed by atoms with E-state index in [1.807, 2.05) is 31.2 Å². The molecule has 2 aromatic rings. The number of nitro groups is 1. The molecular formula is C22H22N2O6S2. The summed E-state index contributed by atoms with van der Waals surface area (Å²) in [7, 11) is 1.59. The van der Waals surface area contributed by atoms with Gasteiger partial charge in [0.05, 0.1) is 23.0 Å². The van der Waals surface area contributed by atoms with Crippen LogP contribution in [0, 0.1) is 17.0 Å². The van der Waals surface area contributed by atoms with Gasteiger partial charge in [-0.1, -0.05) is 36.1 Å². The molecule has 0 atom stereocenters. The summed E-state index contributed by atoms with van der Waals surface area (Å²) in [4.78, 5) is 24.7. The normalized spacial score (nSPS) is 14.8. The number of hydrogen-bond donors (Lipinski definition) is 0. The van der Waals surface area contributed by atoms with E-state index in [0.29, 0.717) is 40.4 Å². The van der Waals surface area contributed by atoms with Gasteiger partial charge in [-0.05, 0) is 36.8 Å². The van der Waals surface area contributed by atoms with E-state index in [1.165, 1.54) is 23.1 Å². The minimum Gasteiger partial charge on any atom is -0.491 e. The zero-order chi connectivity index (χ0) is 23.1. The molecule has 0 unspecified atom stereocenters. The van der Waals surface area contributed by atoms with Crippen molar-refractivity contribution in [1.29, 1.82) is 0 Å². The van der Waals surface area contributed by atoms with Crippen LogP contribution in [0.1, 0.15) is 11.1 Å². The van der Waals surface area contributed by atoms with Crippen molar-refractivity contribution in [2.24, 2.45) is 0 Å². The maximum absolute atomic E-state index is 12.3. The number of likely N-dealkylation sites (N-methyl/N-ethyl adjacent to an activating group) is 1. The Kier molecular flexibility index (Phi) is 8.20. The number of rotatable bonds is 10. The van der Waals surface area contributed by atoms with E-state index < -0.39 is 4.92 Å². The molecular weight excluding hydrogens is 452 g/mol. The van der Waals surface area contributed by atoms with Crippen molar-refractivity contribution < 1.29 is 23.9 Å². The summed E-state index contributed by atoms with van der Waals surface area (Å²) in [5.41, 5.74) is 1.45. The third-order valence-corrected chi connectivity index (χ3v) is 5.93. The second-order valence-corrected chi connectivity index (χ2v) is 8.52. The molecule has 1 aliphatic rings. The lowest BCUT2D eigenvalue weighted by Gasteiger charge is -2.11. The highest BCUT2D eigenvalue weighted by molar-refractivity contribution is 8.26. The number of hydrogen-bond acceptors (Lipinski definition) is 8. The number of thioether (sulfide) groups is 1. The molecule has 168 valence electrons. The molecule has 8 nitrogen and oxygen atoms in total. The zero-order valence-corrected chi connectivity index (χ0v) is 19.2. The first-order chi connectivity index (χ1) is 15.3. The highest BCUT2D eigenvalue weighted by atomic mass is 32.2. The Morgan fingerprint density at radius 1 is 1.12 bits per heavy atom. The van der Waals surface area contributed by atoms with Gasteiger partial charge in [-0.15, -0.1) is 0 Å². The lowest BCUT2D eigenvalue weighted by Crippen LogP contribution is -2.22. The maximum atomic E-state index is 12.3. The van der Waals surface area contributed by atoms with Crippen LogP contribution in [0.15, 0.2) is 47.4 Å². The van der Waals surface area contributed by atoms with Gasteiger partial charge in [0, 0.05) is 24.7 Å². The molecule has 1 heterocycles. The molecule has 32 heavy (non-hydrogen) atoms. The van der Waals surface area contributed by atoms with Crippen LogP contribution in [0.4, 0.5) is 5.69 Å². The number of carbonyl (C=O) groups excluding carboxylic acids is 1. The Bertz CT molecular complexity index is 1060. The molecule has 0 spiro atoms. The summed E-state index contributed by atoms with van der Waals surface area (Å²) in [5, 5.41) is 11.2. The Hall–Kier alpha value is -2.95. The summed E-state index contributed by atoms with van der Waals surface area (Å²) in [5.74, 6) is 0.948. The second kappa shape index (κ2) is 11.1. The molecule has 1 amide bonds. The van der Waals surface area contributed by atoms with Gasteiger partial charge in [-0.25, -0.2) is 0 Å². The van der Waals surface area contributed by atoms with Gasteiger partial charge in [0.1, 0.15) is 29.0 Å². The highest BCUT2D eigenvalue weighted by Gasteiger charge is 2.29. The van der Waals surface area contributed by atoms with Crippen molar-refractivity contribution in [2.75, 3.05) is 33.5 Å². The van der Waals surface area contributed by atoms with Crippen molar-refractivity contribution in [3.05, 3.63) is 68.6 Å².